The van der Waals surface area contributed by atoms with Gasteiger partial charge in [-0.05, 0) is 27.7 Å². The molecule has 19 heavy (non-hydrogen) atoms. The monoisotopic (exact) mass is 273 g/mol. The van der Waals surface area contributed by atoms with Crippen molar-refractivity contribution in [2.24, 2.45) is 0 Å². The summed E-state index contributed by atoms with van der Waals surface area (Å²) in [5.41, 5.74) is 0. The predicted octanol–water partition coefficient (Wildman–Crippen LogP) is -0.00930. The van der Waals surface area contributed by atoms with Crippen LogP contribution in [0, 0.1) is 0 Å². The van der Waals surface area contributed by atoms with E-state index in [0.717, 1.165) is 0 Å². The number of rotatable bonds is 1. The van der Waals surface area contributed by atoms with Crippen LogP contribution in [0.3, 0.4) is 0 Å². The first-order valence-electron chi connectivity index (χ1n) is 6.86. The Hall–Kier alpha value is -0.240. The third-order valence-electron chi connectivity index (χ3n) is 3.91. The lowest BCUT2D eigenvalue weighted by atomic mass is 9.92. The number of nitrogens with one attached hydrogen (secondary N) is 1. The molecule has 5 atom stereocenters. The molecular weight excluding hydrogens is 250 g/mol. The summed E-state index contributed by atoms with van der Waals surface area (Å²) in [5.74, 6) is -1.23. The van der Waals surface area contributed by atoms with Gasteiger partial charge < -0.3 is 29.4 Å². The van der Waals surface area contributed by atoms with Crippen molar-refractivity contribution < 1.29 is 24.1 Å². The van der Waals surface area contributed by atoms with Gasteiger partial charge in [-0.2, -0.15) is 0 Å². The largest absolute Gasteiger partial charge is 0.389 e. The lowest BCUT2D eigenvalue weighted by Crippen LogP contribution is -2.63. The summed E-state index contributed by atoms with van der Waals surface area (Å²) in [6, 6.07) is -0.194. The number of fused-ring (bicyclic) bond motifs is 1. The molecule has 0 bridgehead atoms. The Kier molecular flexibility index (Phi) is 3.16. The third-order valence-corrected chi connectivity index (χ3v) is 3.91. The summed E-state index contributed by atoms with van der Waals surface area (Å²) in [6.45, 7) is 8.61. The van der Waals surface area contributed by atoms with Gasteiger partial charge in [0, 0.05) is 6.54 Å². The van der Waals surface area contributed by atoms with Crippen molar-refractivity contribution in [1.82, 2.24) is 5.32 Å². The molecule has 3 fully saturated rings. The van der Waals surface area contributed by atoms with Crippen LogP contribution in [0.2, 0.25) is 0 Å². The van der Waals surface area contributed by atoms with Crippen molar-refractivity contribution in [2.45, 2.75) is 69.7 Å². The van der Waals surface area contributed by atoms with Crippen LogP contribution in [-0.4, -0.2) is 60.3 Å². The number of aliphatic hydroxyl groups is 1. The zero-order valence-corrected chi connectivity index (χ0v) is 11.9. The van der Waals surface area contributed by atoms with Crippen LogP contribution in [0.5, 0.6) is 0 Å². The Morgan fingerprint density at radius 2 is 1.68 bits per heavy atom. The van der Waals surface area contributed by atoms with E-state index in [1.165, 1.54) is 0 Å². The maximum atomic E-state index is 10.5. The molecule has 6 nitrogen and oxygen atoms in total. The fourth-order valence-electron chi connectivity index (χ4n) is 3.13. The molecule has 3 aliphatic rings. The third kappa shape index (κ3) is 2.53. The summed E-state index contributed by atoms with van der Waals surface area (Å²) in [5, 5.41) is 13.8. The van der Waals surface area contributed by atoms with Crippen LogP contribution in [0.25, 0.3) is 0 Å². The molecule has 3 rings (SSSR count). The van der Waals surface area contributed by atoms with E-state index in [-0.39, 0.29) is 24.4 Å². The highest BCUT2D eigenvalue weighted by Crippen LogP contribution is 2.35. The highest BCUT2D eigenvalue weighted by Gasteiger charge is 2.53. The topological polar surface area (TPSA) is 69.2 Å². The van der Waals surface area contributed by atoms with Crippen LogP contribution < -0.4 is 5.32 Å². The second kappa shape index (κ2) is 4.38. The molecule has 110 valence electrons. The Morgan fingerprint density at radius 1 is 1.00 bits per heavy atom. The Morgan fingerprint density at radius 3 is 2.32 bits per heavy atom. The van der Waals surface area contributed by atoms with Gasteiger partial charge in [0.25, 0.3) is 0 Å². The highest BCUT2D eigenvalue weighted by molar-refractivity contribution is 5.01. The van der Waals surface area contributed by atoms with Gasteiger partial charge in [-0.3, -0.25) is 0 Å². The first-order valence-corrected chi connectivity index (χ1v) is 6.86. The van der Waals surface area contributed by atoms with E-state index in [1.54, 1.807) is 0 Å². The quantitative estimate of drug-likeness (QED) is 0.700. The number of aliphatic hydroxyl groups excluding tert-OH is 1. The molecule has 3 saturated heterocycles. The van der Waals surface area contributed by atoms with Gasteiger partial charge >= 0.3 is 0 Å². The minimum absolute atomic E-state index is 0.114. The van der Waals surface area contributed by atoms with E-state index >= 15 is 0 Å². The molecule has 0 amide bonds. The summed E-state index contributed by atoms with van der Waals surface area (Å²) >= 11 is 0. The number of hydrogen-bond donors (Lipinski definition) is 2. The Bertz CT molecular complexity index is 359. The number of ether oxygens (including phenoxy) is 4. The predicted molar refractivity (Wildman–Crippen MR) is 66.5 cm³/mol. The van der Waals surface area contributed by atoms with Crippen LogP contribution >= 0.6 is 0 Å². The molecule has 6 heteroatoms. The maximum absolute atomic E-state index is 10.5. The molecule has 0 aromatic heterocycles. The molecule has 0 aliphatic carbocycles. The minimum atomic E-state index is -0.664. The number of hydrogen-bond acceptors (Lipinski definition) is 6. The fourth-order valence-corrected chi connectivity index (χ4v) is 3.13. The van der Waals surface area contributed by atoms with E-state index in [1.807, 2.05) is 27.7 Å². The highest BCUT2D eigenvalue weighted by atomic mass is 16.8. The Balaban J connectivity index is 1.70. The van der Waals surface area contributed by atoms with Crippen molar-refractivity contribution in [3.05, 3.63) is 0 Å². The normalized spacial score (nSPS) is 48.2. The second-order valence-electron chi connectivity index (χ2n) is 6.43. The van der Waals surface area contributed by atoms with E-state index in [4.69, 9.17) is 18.9 Å². The van der Waals surface area contributed by atoms with E-state index in [9.17, 15) is 5.11 Å². The molecule has 3 heterocycles. The van der Waals surface area contributed by atoms with Gasteiger partial charge in [0.15, 0.2) is 11.6 Å². The lowest BCUT2D eigenvalue weighted by Gasteiger charge is -2.38. The van der Waals surface area contributed by atoms with Gasteiger partial charge in [-0.1, -0.05) is 0 Å². The molecule has 3 aliphatic heterocycles. The minimum Gasteiger partial charge on any atom is -0.389 e. The lowest BCUT2D eigenvalue weighted by molar-refractivity contribution is -0.164. The fraction of sp³-hybridized carbons (Fsp3) is 1.00. The van der Waals surface area contributed by atoms with Crippen molar-refractivity contribution in [2.75, 3.05) is 13.2 Å². The van der Waals surface area contributed by atoms with Crippen LogP contribution in [0.15, 0.2) is 0 Å². The van der Waals surface area contributed by atoms with Crippen LogP contribution in [0.1, 0.15) is 27.7 Å². The summed E-state index contributed by atoms with van der Waals surface area (Å²) in [4.78, 5) is 0. The number of piperidine rings is 1. The summed E-state index contributed by atoms with van der Waals surface area (Å²) in [6.07, 6.45) is -1.26. The standard InChI is InChI=1S/C13H23NO5/c1-12(2)16-6-8(18-12)9-10(15)11-7(5-14-9)17-13(3,4)19-11/h7-11,14-15H,5-6H2,1-4H3/t7-,8+,9+,10+,11-/m0/s1. The van der Waals surface area contributed by atoms with Crippen molar-refractivity contribution in [1.29, 1.82) is 0 Å². The smallest absolute Gasteiger partial charge is 0.163 e. The molecular formula is C13H23NO5. The molecule has 0 spiro atoms. The first-order chi connectivity index (χ1) is 8.77. The average Bonchev–Trinajstić information content (AvgIpc) is 2.78. The van der Waals surface area contributed by atoms with Crippen LogP contribution in [-0.2, 0) is 18.9 Å². The van der Waals surface area contributed by atoms with Crippen molar-refractivity contribution >= 4 is 0 Å². The summed E-state index contributed by atoms with van der Waals surface area (Å²) in [7, 11) is 0. The average molecular weight is 273 g/mol. The van der Waals surface area contributed by atoms with Gasteiger partial charge in [-0.15, -0.1) is 0 Å². The van der Waals surface area contributed by atoms with Gasteiger partial charge in [-0.25, -0.2) is 0 Å². The zero-order chi connectivity index (χ0) is 13.8. The zero-order valence-electron chi connectivity index (χ0n) is 11.9. The van der Waals surface area contributed by atoms with Crippen molar-refractivity contribution in [3.8, 4) is 0 Å². The molecule has 0 aromatic rings. The summed E-state index contributed by atoms with van der Waals surface area (Å²) < 4.78 is 22.9. The maximum Gasteiger partial charge on any atom is 0.163 e. The molecule has 0 unspecified atom stereocenters. The van der Waals surface area contributed by atoms with Gasteiger partial charge in [0.1, 0.15) is 24.4 Å². The first kappa shape index (κ1) is 13.7. The molecule has 0 aromatic carbocycles. The molecule has 0 radical (unpaired) electrons. The van der Waals surface area contributed by atoms with E-state index in [0.29, 0.717) is 13.2 Å². The Labute approximate surface area is 113 Å². The molecule has 2 N–H and O–H groups in total. The van der Waals surface area contributed by atoms with Gasteiger partial charge in [0.2, 0.25) is 0 Å². The van der Waals surface area contributed by atoms with Crippen LogP contribution in [0.4, 0.5) is 0 Å². The SMILES string of the molecule is CC1(C)O[C@@H]2[C@H](O)[C@@H]([C@H]3COC(C)(C)O3)NC[C@@H]2O1. The van der Waals surface area contributed by atoms with Gasteiger partial charge in [0.05, 0.1) is 12.6 Å². The van der Waals surface area contributed by atoms with Crippen molar-refractivity contribution in [3.63, 3.8) is 0 Å². The van der Waals surface area contributed by atoms with E-state index in [2.05, 4.69) is 5.32 Å². The van der Waals surface area contributed by atoms with E-state index < -0.39 is 17.7 Å². The molecule has 0 saturated carbocycles. The second-order valence-corrected chi connectivity index (χ2v) is 6.43.